The Bertz CT molecular complexity index is 923. The van der Waals surface area contributed by atoms with Crippen molar-refractivity contribution in [2.24, 2.45) is 17.2 Å². The van der Waals surface area contributed by atoms with Crippen molar-refractivity contribution in [2.45, 2.75) is 108 Å². The third kappa shape index (κ3) is 11.4. The molecule has 9 atom stereocenters. The molecule has 1 aliphatic rings. The summed E-state index contributed by atoms with van der Waals surface area (Å²) in [5.41, 5.74) is 16.4. The van der Waals surface area contributed by atoms with Gasteiger partial charge < -0.3 is 62.6 Å². The fraction of sp³-hybridized carbons (Fsp3) is 0.800. The number of ether oxygens (including phenoxy) is 2. The van der Waals surface area contributed by atoms with Gasteiger partial charge >= 0.3 is 5.97 Å². The van der Waals surface area contributed by atoms with Crippen LogP contribution in [0.15, 0.2) is 0 Å². The molecule has 0 aliphatic carbocycles. The van der Waals surface area contributed by atoms with Gasteiger partial charge in [-0.15, -0.1) is 0 Å². The van der Waals surface area contributed by atoms with Crippen LogP contribution in [-0.2, 0) is 33.4 Å². The van der Waals surface area contributed by atoms with Gasteiger partial charge in [-0.2, -0.15) is 0 Å². The van der Waals surface area contributed by atoms with Crippen molar-refractivity contribution in [1.29, 1.82) is 0 Å². The summed E-state index contributed by atoms with van der Waals surface area (Å²) >= 11 is 0. The lowest BCUT2D eigenvalue weighted by atomic mass is 9.96. The highest BCUT2D eigenvalue weighted by Crippen LogP contribution is 2.24. The second kappa shape index (κ2) is 17.9. The number of unbranched alkanes of at least 4 members (excludes halogenated alkanes) is 1. The van der Waals surface area contributed by atoms with E-state index in [9.17, 15) is 44.4 Å². The van der Waals surface area contributed by atoms with E-state index in [1.807, 2.05) is 0 Å². The van der Waals surface area contributed by atoms with Crippen LogP contribution in [0.3, 0.4) is 0 Å². The van der Waals surface area contributed by atoms with Gasteiger partial charge in [0.25, 0.3) is 0 Å². The number of carboxylic acid groups (broad SMARTS) is 1. The summed E-state index contributed by atoms with van der Waals surface area (Å²) in [5.74, 6) is -4.13. The van der Waals surface area contributed by atoms with E-state index >= 15 is 0 Å². The minimum absolute atomic E-state index is 0.0470. The molecule has 0 spiro atoms. The zero-order valence-corrected chi connectivity index (χ0v) is 24.2. The molecule has 1 unspecified atom stereocenters. The molecule has 0 aromatic rings. The number of carboxylic acids is 1. The molecule has 1 saturated heterocycles. The summed E-state index contributed by atoms with van der Waals surface area (Å²) in [6.45, 7) is 3.37. The van der Waals surface area contributed by atoms with Crippen LogP contribution in [0, 0.1) is 0 Å². The Morgan fingerprint density at radius 2 is 1.74 bits per heavy atom. The molecular formula is C25H46N6O11. The monoisotopic (exact) mass is 606 g/mol. The molecule has 42 heavy (non-hydrogen) atoms. The quantitative estimate of drug-likeness (QED) is 0.0670. The smallest absolute Gasteiger partial charge is 0.326 e. The topological polar surface area (TPSA) is 290 Å². The summed E-state index contributed by atoms with van der Waals surface area (Å²) in [5, 5.41) is 45.4. The first-order chi connectivity index (χ1) is 19.6. The number of amides is 4. The third-order valence-corrected chi connectivity index (χ3v) is 6.72. The first-order valence-corrected chi connectivity index (χ1v) is 13.8. The fourth-order valence-electron chi connectivity index (χ4n) is 4.52. The van der Waals surface area contributed by atoms with Gasteiger partial charge in [-0.25, -0.2) is 4.79 Å². The van der Waals surface area contributed by atoms with E-state index in [1.54, 1.807) is 0 Å². The SMILES string of the molecule is CC(=O)N[C@@H]1[C@@H](OC(C)CN(C(=O)CC[C@@H](NC(=O)[C@H](C)N)C(N)=O)[C@@H](CCCCN)C(=O)O)[C@H](O)[C@@H](CO)O[C@@H]1O. The number of aliphatic carboxylic acids is 1. The Morgan fingerprint density at radius 3 is 2.24 bits per heavy atom. The lowest BCUT2D eigenvalue weighted by Gasteiger charge is -2.44. The lowest BCUT2D eigenvalue weighted by molar-refractivity contribution is -0.268. The Labute approximate surface area is 244 Å². The number of hydrogen-bond acceptors (Lipinski definition) is 12. The maximum Gasteiger partial charge on any atom is 0.326 e. The molecule has 1 fully saturated rings. The van der Waals surface area contributed by atoms with Crippen molar-refractivity contribution < 1.29 is 53.9 Å². The van der Waals surface area contributed by atoms with Gasteiger partial charge in [0, 0.05) is 19.9 Å². The van der Waals surface area contributed by atoms with Gasteiger partial charge in [-0.1, -0.05) is 0 Å². The zero-order valence-electron chi connectivity index (χ0n) is 24.2. The highest BCUT2D eigenvalue weighted by atomic mass is 16.6. The summed E-state index contributed by atoms with van der Waals surface area (Å²) < 4.78 is 11.1. The summed E-state index contributed by atoms with van der Waals surface area (Å²) in [6.07, 6.45) is -6.37. The van der Waals surface area contributed by atoms with Crippen molar-refractivity contribution in [3.8, 4) is 0 Å². The van der Waals surface area contributed by atoms with Gasteiger partial charge in [0.15, 0.2) is 6.29 Å². The minimum atomic E-state index is -1.65. The van der Waals surface area contributed by atoms with Gasteiger partial charge in [0.05, 0.1) is 18.8 Å². The number of aliphatic hydroxyl groups is 3. The molecule has 1 aliphatic heterocycles. The fourth-order valence-corrected chi connectivity index (χ4v) is 4.52. The lowest BCUT2D eigenvalue weighted by Crippen LogP contribution is -2.65. The molecule has 12 N–H and O–H groups in total. The van der Waals surface area contributed by atoms with Crippen molar-refractivity contribution >= 4 is 29.6 Å². The average molecular weight is 607 g/mol. The Hall–Kier alpha value is -2.93. The van der Waals surface area contributed by atoms with E-state index in [-0.39, 0.29) is 25.8 Å². The van der Waals surface area contributed by atoms with Crippen LogP contribution in [0.1, 0.15) is 52.9 Å². The Morgan fingerprint density at radius 1 is 1.10 bits per heavy atom. The zero-order chi connectivity index (χ0) is 32.1. The number of nitrogens with one attached hydrogen (secondary N) is 2. The molecule has 17 heteroatoms. The molecule has 1 rings (SSSR count). The number of carbonyl (C=O) groups is 5. The van der Waals surface area contributed by atoms with Crippen LogP contribution in [0.25, 0.3) is 0 Å². The molecular weight excluding hydrogens is 560 g/mol. The largest absolute Gasteiger partial charge is 0.480 e. The number of rotatable bonds is 18. The molecule has 0 aromatic carbocycles. The molecule has 0 aromatic heterocycles. The number of primary amides is 1. The first-order valence-electron chi connectivity index (χ1n) is 13.8. The van der Waals surface area contributed by atoms with E-state index in [1.165, 1.54) is 20.8 Å². The maximum atomic E-state index is 13.4. The number of carbonyl (C=O) groups excluding carboxylic acids is 4. The number of aliphatic hydroxyl groups excluding tert-OH is 3. The molecule has 242 valence electrons. The second-order valence-electron chi connectivity index (χ2n) is 10.4. The average Bonchev–Trinajstić information content (AvgIpc) is 2.90. The van der Waals surface area contributed by atoms with E-state index in [4.69, 9.17) is 26.7 Å². The number of nitrogens with two attached hydrogens (primary N) is 3. The Kier molecular flexibility index (Phi) is 15.8. The Balaban J connectivity index is 3.22. The van der Waals surface area contributed by atoms with Crippen molar-refractivity contribution in [3.05, 3.63) is 0 Å². The molecule has 0 bridgehead atoms. The molecule has 17 nitrogen and oxygen atoms in total. The normalized spacial score (nSPS) is 25.0. The van der Waals surface area contributed by atoms with Crippen LogP contribution in [0.4, 0.5) is 0 Å². The predicted octanol–water partition coefficient (Wildman–Crippen LogP) is -4.16. The van der Waals surface area contributed by atoms with Crippen LogP contribution < -0.4 is 27.8 Å². The number of nitrogens with zero attached hydrogens (tertiary/aromatic N) is 1. The predicted molar refractivity (Wildman–Crippen MR) is 146 cm³/mol. The second-order valence-corrected chi connectivity index (χ2v) is 10.4. The molecule has 0 saturated carbocycles. The van der Waals surface area contributed by atoms with Crippen molar-refractivity contribution in [1.82, 2.24) is 15.5 Å². The standard InChI is InChI=1S/C25H46N6O11/c1-12(41-21-19(29-14(3)33)25(40)42-17(11-32)20(21)35)10-31(16(24(38)39)6-4-5-9-26)18(34)8-7-15(22(28)36)30-23(37)13(2)27/h12-13,15-17,19-21,25,32,35,40H,4-11,26-27H2,1-3H3,(H2,28,36)(H,29,33)(H,30,37)(H,38,39)/t12?,13-,15+,16-,17+,19+,20+,21+,25-/m0/s1. The van der Waals surface area contributed by atoms with Crippen LogP contribution in [-0.4, -0.2) is 129 Å². The van der Waals surface area contributed by atoms with E-state index < -0.39 is 91.1 Å². The first kappa shape index (κ1) is 37.1. The van der Waals surface area contributed by atoms with E-state index in [0.717, 1.165) is 4.90 Å². The molecule has 1 heterocycles. The van der Waals surface area contributed by atoms with Gasteiger partial charge in [0.1, 0.15) is 36.4 Å². The maximum absolute atomic E-state index is 13.4. The summed E-state index contributed by atoms with van der Waals surface area (Å²) in [6, 6.07) is -4.75. The van der Waals surface area contributed by atoms with Gasteiger partial charge in [0.2, 0.25) is 23.6 Å². The van der Waals surface area contributed by atoms with Crippen LogP contribution in [0.5, 0.6) is 0 Å². The van der Waals surface area contributed by atoms with E-state index in [0.29, 0.717) is 19.4 Å². The highest BCUT2D eigenvalue weighted by Gasteiger charge is 2.46. The number of hydrogen-bond donors (Lipinski definition) is 9. The molecule has 0 radical (unpaired) electrons. The van der Waals surface area contributed by atoms with E-state index in [2.05, 4.69) is 10.6 Å². The summed E-state index contributed by atoms with van der Waals surface area (Å²) in [7, 11) is 0. The van der Waals surface area contributed by atoms with Gasteiger partial charge in [-0.3, -0.25) is 19.2 Å². The minimum Gasteiger partial charge on any atom is -0.480 e. The van der Waals surface area contributed by atoms with Gasteiger partial charge in [-0.05, 0) is 46.1 Å². The van der Waals surface area contributed by atoms with Crippen molar-refractivity contribution in [3.63, 3.8) is 0 Å². The van der Waals surface area contributed by atoms with Crippen LogP contribution in [0.2, 0.25) is 0 Å². The molecule has 4 amide bonds. The summed E-state index contributed by atoms with van der Waals surface area (Å²) in [4.78, 5) is 62.3. The highest BCUT2D eigenvalue weighted by molar-refractivity contribution is 5.89. The third-order valence-electron chi connectivity index (χ3n) is 6.72. The van der Waals surface area contributed by atoms with Crippen molar-refractivity contribution in [2.75, 3.05) is 19.7 Å². The van der Waals surface area contributed by atoms with Crippen LogP contribution >= 0.6 is 0 Å².